The monoisotopic (exact) mass is 184 g/mol. The molecule has 0 aliphatic carbocycles. The van der Waals surface area contributed by atoms with Gasteiger partial charge in [0.05, 0.1) is 0 Å². The van der Waals surface area contributed by atoms with Gasteiger partial charge in [0, 0.05) is 27.2 Å². The summed E-state index contributed by atoms with van der Waals surface area (Å²) >= 11 is 0. The molecule has 0 saturated carbocycles. The van der Waals surface area contributed by atoms with Crippen molar-refractivity contribution in [3.63, 3.8) is 0 Å². The van der Waals surface area contributed by atoms with Gasteiger partial charge in [-0.15, -0.1) is 0 Å². The molecular weight excluding hydrogens is 168 g/mol. The molecule has 1 heterocycles. The first kappa shape index (κ1) is 9.91. The molecule has 0 aromatic carbocycles. The van der Waals surface area contributed by atoms with Crippen LogP contribution in [0.1, 0.15) is 6.92 Å². The lowest BCUT2D eigenvalue weighted by atomic mass is 10.5. The van der Waals surface area contributed by atoms with E-state index < -0.39 is 0 Å². The maximum absolute atomic E-state index is 3.89. The van der Waals surface area contributed by atoms with E-state index in [-0.39, 0.29) is 0 Å². The maximum Gasteiger partial charge on any atom is 0.245 e. The van der Waals surface area contributed by atoms with E-state index in [1.165, 1.54) is 0 Å². The molecule has 0 fully saturated rings. The lowest BCUT2D eigenvalue weighted by Crippen LogP contribution is -2.30. The van der Waals surface area contributed by atoms with Crippen LogP contribution in [0.4, 0.5) is 5.95 Å². The predicted octanol–water partition coefficient (Wildman–Crippen LogP) is -0.744. The second kappa shape index (κ2) is 4.76. The highest BCUT2D eigenvalue weighted by Crippen LogP contribution is 2.01. The fraction of sp³-hybridized carbons (Fsp3) is 0.857. The molecule has 0 saturated heterocycles. The van der Waals surface area contributed by atoms with Crippen molar-refractivity contribution < 1.29 is 0 Å². The zero-order valence-corrected chi connectivity index (χ0v) is 8.36. The van der Waals surface area contributed by atoms with Gasteiger partial charge in [-0.2, -0.15) is 0 Å². The molecule has 0 aliphatic heterocycles. The van der Waals surface area contributed by atoms with Crippen LogP contribution in [0.2, 0.25) is 0 Å². The number of rotatable bonds is 5. The van der Waals surface area contributed by atoms with E-state index in [1.54, 1.807) is 4.68 Å². The van der Waals surface area contributed by atoms with Crippen LogP contribution in [-0.2, 0) is 7.05 Å². The van der Waals surface area contributed by atoms with Gasteiger partial charge in [0.2, 0.25) is 5.95 Å². The summed E-state index contributed by atoms with van der Waals surface area (Å²) in [7, 11) is 3.81. The summed E-state index contributed by atoms with van der Waals surface area (Å²) in [6.07, 6.45) is 0. The highest BCUT2D eigenvalue weighted by molar-refractivity contribution is 5.25. The topological polar surface area (TPSA) is 58.9 Å². The van der Waals surface area contributed by atoms with Gasteiger partial charge in [0.15, 0.2) is 0 Å². The van der Waals surface area contributed by atoms with Crippen LogP contribution in [0, 0.1) is 0 Å². The third kappa shape index (κ3) is 2.66. The standard InChI is InChI=1S/C7H16N6/c1-4-8-5-6-12(2)7-9-10-11-13(7)3/h8H,4-6H2,1-3H3. The van der Waals surface area contributed by atoms with Gasteiger partial charge in [0.1, 0.15) is 0 Å². The Kier molecular flexibility index (Phi) is 3.63. The number of aryl methyl sites for hydroxylation is 1. The average molecular weight is 184 g/mol. The number of anilines is 1. The first-order valence-electron chi connectivity index (χ1n) is 4.40. The third-order valence-corrected chi connectivity index (χ3v) is 1.81. The van der Waals surface area contributed by atoms with Crippen LogP contribution < -0.4 is 10.2 Å². The largest absolute Gasteiger partial charge is 0.341 e. The number of tetrazole rings is 1. The van der Waals surface area contributed by atoms with Crippen LogP contribution >= 0.6 is 0 Å². The summed E-state index contributed by atoms with van der Waals surface area (Å²) < 4.78 is 1.66. The number of aromatic nitrogens is 4. The van der Waals surface area contributed by atoms with Gasteiger partial charge in [-0.3, -0.25) is 0 Å². The predicted molar refractivity (Wildman–Crippen MR) is 50.6 cm³/mol. The molecule has 1 N–H and O–H groups in total. The minimum atomic E-state index is 0.790. The van der Waals surface area contributed by atoms with Gasteiger partial charge >= 0.3 is 0 Å². The Labute approximate surface area is 77.9 Å². The molecule has 0 atom stereocenters. The third-order valence-electron chi connectivity index (χ3n) is 1.81. The molecule has 0 bridgehead atoms. The van der Waals surface area contributed by atoms with Crippen LogP contribution in [0.15, 0.2) is 0 Å². The van der Waals surface area contributed by atoms with Gasteiger partial charge in [-0.05, 0) is 17.0 Å². The minimum Gasteiger partial charge on any atom is -0.341 e. The summed E-state index contributed by atoms with van der Waals surface area (Å²) in [4.78, 5) is 2.02. The van der Waals surface area contributed by atoms with Crippen molar-refractivity contribution in [3.05, 3.63) is 0 Å². The number of hydrogen-bond donors (Lipinski definition) is 1. The lowest BCUT2D eigenvalue weighted by molar-refractivity contribution is 0.669. The van der Waals surface area contributed by atoms with Crippen molar-refractivity contribution in [1.82, 2.24) is 25.5 Å². The van der Waals surface area contributed by atoms with E-state index in [2.05, 4.69) is 27.8 Å². The Morgan fingerprint density at radius 2 is 2.31 bits per heavy atom. The minimum absolute atomic E-state index is 0.790. The Morgan fingerprint density at radius 3 is 2.85 bits per heavy atom. The summed E-state index contributed by atoms with van der Waals surface area (Å²) in [5, 5.41) is 14.5. The number of likely N-dealkylation sites (N-methyl/N-ethyl adjacent to an activating group) is 2. The van der Waals surface area contributed by atoms with Crippen LogP contribution in [0.25, 0.3) is 0 Å². The fourth-order valence-corrected chi connectivity index (χ4v) is 1.07. The number of hydrogen-bond acceptors (Lipinski definition) is 5. The zero-order valence-electron chi connectivity index (χ0n) is 8.36. The Hall–Kier alpha value is -1.17. The number of nitrogens with one attached hydrogen (secondary N) is 1. The van der Waals surface area contributed by atoms with Crippen molar-refractivity contribution in [2.75, 3.05) is 31.6 Å². The van der Waals surface area contributed by atoms with Crippen molar-refractivity contribution >= 4 is 5.95 Å². The van der Waals surface area contributed by atoms with E-state index >= 15 is 0 Å². The normalized spacial score (nSPS) is 10.4. The van der Waals surface area contributed by atoms with Gasteiger partial charge < -0.3 is 10.2 Å². The molecule has 13 heavy (non-hydrogen) atoms. The average Bonchev–Trinajstić information content (AvgIpc) is 2.52. The molecular formula is C7H16N6. The van der Waals surface area contributed by atoms with Crippen molar-refractivity contribution in [3.8, 4) is 0 Å². The summed E-state index contributed by atoms with van der Waals surface area (Å²) in [5.74, 6) is 0.790. The molecule has 0 unspecified atom stereocenters. The Bertz CT molecular complexity index is 245. The fourth-order valence-electron chi connectivity index (χ4n) is 1.07. The molecule has 1 aromatic rings. The van der Waals surface area contributed by atoms with Crippen molar-refractivity contribution in [2.45, 2.75) is 6.92 Å². The van der Waals surface area contributed by atoms with Gasteiger partial charge in [-0.25, -0.2) is 4.68 Å². The molecule has 6 heteroatoms. The molecule has 6 nitrogen and oxygen atoms in total. The highest BCUT2D eigenvalue weighted by Gasteiger charge is 2.06. The van der Waals surface area contributed by atoms with E-state index in [4.69, 9.17) is 0 Å². The van der Waals surface area contributed by atoms with Gasteiger partial charge in [-0.1, -0.05) is 12.0 Å². The molecule has 1 aromatic heterocycles. The Balaban J connectivity index is 2.39. The van der Waals surface area contributed by atoms with Crippen molar-refractivity contribution in [2.24, 2.45) is 7.05 Å². The van der Waals surface area contributed by atoms with E-state index in [1.807, 2.05) is 19.0 Å². The van der Waals surface area contributed by atoms with Gasteiger partial charge in [0.25, 0.3) is 0 Å². The lowest BCUT2D eigenvalue weighted by Gasteiger charge is -2.16. The molecule has 0 radical (unpaired) electrons. The maximum atomic E-state index is 3.89. The van der Waals surface area contributed by atoms with Crippen LogP contribution in [-0.4, -0.2) is 46.9 Å². The summed E-state index contributed by atoms with van der Waals surface area (Å²) in [6, 6.07) is 0. The quantitative estimate of drug-likeness (QED) is 0.610. The number of nitrogens with zero attached hydrogens (tertiary/aromatic N) is 5. The molecule has 1 rings (SSSR count). The smallest absolute Gasteiger partial charge is 0.245 e. The second-order valence-electron chi connectivity index (χ2n) is 2.88. The zero-order chi connectivity index (χ0) is 9.68. The molecule has 74 valence electrons. The molecule has 0 spiro atoms. The van der Waals surface area contributed by atoms with E-state index in [0.717, 1.165) is 25.6 Å². The highest BCUT2D eigenvalue weighted by atomic mass is 15.6. The molecule has 0 amide bonds. The Morgan fingerprint density at radius 1 is 1.54 bits per heavy atom. The van der Waals surface area contributed by atoms with Crippen LogP contribution in [0.3, 0.4) is 0 Å². The SMILES string of the molecule is CCNCCN(C)c1nnnn1C. The molecule has 0 aliphatic rings. The summed E-state index contributed by atoms with van der Waals surface area (Å²) in [6.45, 7) is 4.93. The first-order valence-corrected chi connectivity index (χ1v) is 4.40. The van der Waals surface area contributed by atoms with E-state index in [9.17, 15) is 0 Å². The van der Waals surface area contributed by atoms with Crippen LogP contribution in [0.5, 0.6) is 0 Å². The first-order chi connectivity index (χ1) is 6.25. The summed E-state index contributed by atoms with van der Waals surface area (Å²) in [5.41, 5.74) is 0. The van der Waals surface area contributed by atoms with Crippen molar-refractivity contribution in [1.29, 1.82) is 0 Å². The van der Waals surface area contributed by atoms with E-state index in [0.29, 0.717) is 0 Å². The second-order valence-corrected chi connectivity index (χ2v) is 2.88.